The monoisotopic (exact) mass is 251 g/mol. The summed E-state index contributed by atoms with van der Waals surface area (Å²) < 4.78 is 40.5. The molecular formula is C11H13ClF3N. The molecule has 0 saturated carbocycles. The van der Waals surface area contributed by atoms with Gasteiger partial charge in [-0.15, -0.1) is 0 Å². The molecule has 0 bridgehead atoms. The molecule has 0 heterocycles. The van der Waals surface area contributed by atoms with E-state index in [1.165, 1.54) is 13.0 Å². The van der Waals surface area contributed by atoms with Crippen molar-refractivity contribution in [1.82, 2.24) is 5.32 Å². The van der Waals surface area contributed by atoms with Crippen LogP contribution < -0.4 is 5.32 Å². The summed E-state index contributed by atoms with van der Waals surface area (Å²) in [4.78, 5) is 0. The van der Waals surface area contributed by atoms with E-state index < -0.39 is 23.7 Å². The van der Waals surface area contributed by atoms with Crippen LogP contribution in [0.4, 0.5) is 13.2 Å². The van der Waals surface area contributed by atoms with Gasteiger partial charge in [-0.3, -0.25) is 0 Å². The summed E-state index contributed by atoms with van der Waals surface area (Å²) in [5, 5.41) is 2.52. The van der Waals surface area contributed by atoms with Crippen molar-refractivity contribution in [2.24, 2.45) is 0 Å². The van der Waals surface area contributed by atoms with E-state index in [0.717, 1.165) is 6.07 Å². The fourth-order valence-corrected chi connectivity index (χ4v) is 1.70. The zero-order chi connectivity index (χ0) is 12.3. The van der Waals surface area contributed by atoms with Crippen LogP contribution in [0.15, 0.2) is 12.1 Å². The molecule has 0 spiro atoms. The number of hydrogen-bond donors (Lipinski definition) is 1. The number of hydrogen-bond acceptors (Lipinski definition) is 1. The topological polar surface area (TPSA) is 12.0 Å². The van der Waals surface area contributed by atoms with Crippen molar-refractivity contribution < 1.29 is 13.2 Å². The van der Waals surface area contributed by atoms with Gasteiger partial charge in [0, 0.05) is 18.5 Å². The second-order valence-corrected chi connectivity index (χ2v) is 4.05. The lowest BCUT2D eigenvalue weighted by atomic mass is 10.0. The Balaban J connectivity index is 3.07. The molecule has 5 heteroatoms. The van der Waals surface area contributed by atoms with Crippen LogP contribution in [0.1, 0.15) is 17.5 Å². The first-order chi connectivity index (χ1) is 7.38. The fraction of sp³-hybridized carbons (Fsp3) is 0.455. The average molecular weight is 252 g/mol. The van der Waals surface area contributed by atoms with Crippen LogP contribution in [0.5, 0.6) is 0 Å². The van der Waals surface area contributed by atoms with Gasteiger partial charge in [0.15, 0.2) is 0 Å². The maximum atomic E-state index is 13.6. The first-order valence-corrected chi connectivity index (χ1v) is 5.25. The van der Waals surface area contributed by atoms with Gasteiger partial charge in [0.25, 0.3) is 5.92 Å². The maximum absolute atomic E-state index is 13.6. The molecule has 0 amide bonds. The van der Waals surface area contributed by atoms with Gasteiger partial charge in [0.2, 0.25) is 0 Å². The van der Waals surface area contributed by atoms with Crippen LogP contribution in [0.25, 0.3) is 0 Å². The Morgan fingerprint density at radius 1 is 1.38 bits per heavy atom. The molecule has 0 saturated heterocycles. The Kier molecular flexibility index (Phi) is 4.21. The Hall–Kier alpha value is -0.740. The molecular weight excluding hydrogens is 239 g/mol. The lowest BCUT2D eigenvalue weighted by Gasteiger charge is -2.18. The van der Waals surface area contributed by atoms with Crippen LogP contribution in [-0.4, -0.2) is 13.6 Å². The van der Waals surface area contributed by atoms with E-state index in [4.69, 9.17) is 11.6 Å². The van der Waals surface area contributed by atoms with Gasteiger partial charge in [-0.1, -0.05) is 11.6 Å². The van der Waals surface area contributed by atoms with Gasteiger partial charge in [0.1, 0.15) is 5.82 Å². The molecule has 0 atom stereocenters. The second kappa shape index (κ2) is 5.06. The summed E-state index contributed by atoms with van der Waals surface area (Å²) >= 11 is 5.70. The van der Waals surface area contributed by atoms with Crippen molar-refractivity contribution in [3.63, 3.8) is 0 Å². The molecule has 0 fully saturated rings. The lowest BCUT2D eigenvalue weighted by molar-refractivity contribution is -0.0125. The zero-order valence-corrected chi connectivity index (χ0v) is 9.84. The van der Waals surface area contributed by atoms with Gasteiger partial charge < -0.3 is 5.32 Å². The van der Waals surface area contributed by atoms with Gasteiger partial charge in [-0.25, -0.2) is 13.2 Å². The first-order valence-electron chi connectivity index (χ1n) is 4.87. The number of alkyl halides is 2. The predicted octanol–water partition coefficient (Wildman–Crippen LogP) is 3.49. The molecule has 0 aliphatic carbocycles. The molecule has 1 aromatic rings. The van der Waals surface area contributed by atoms with Crippen molar-refractivity contribution in [3.05, 3.63) is 34.1 Å². The molecule has 0 unspecified atom stereocenters. The third kappa shape index (κ3) is 2.89. The van der Waals surface area contributed by atoms with Gasteiger partial charge in [-0.05, 0) is 31.7 Å². The van der Waals surface area contributed by atoms with Crippen molar-refractivity contribution in [2.75, 3.05) is 13.6 Å². The summed E-state index contributed by atoms with van der Waals surface area (Å²) in [6, 6.07) is 2.03. The molecule has 1 rings (SSSR count). The van der Waals surface area contributed by atoms with Crippen LogP contribution >= 0.6 is 11.6 Å². The standard InChI is InChI=1S/C11H13ClF3N/c1-7-5-9(12)8(6-10(7)13)11(14,15)3-4-16-2/h5-6,16H,3-4H2,1-2H3. The summed E-state index contributed by atoms with van der Waals surface area (Å²) in [6.45, 7) is 1.62. The minimum Gasteiger partial charge on any atom is -0.320 e. The Labute approximate surface area is 97.6 Å². The summed E-state index contributed by atoms with van der Waals surface area (Å²) in [5.74, 6) is -3.78. The number of benzene rings is 1. The summed E-state index contributed by atoms with van der Waals surface area (Å²) in [7, 11) is 1.58. The summed E-state index contributed by atoms with van der Waals surface area (Å²) in [5.41, 5.74) is -0.189. The number of halogens is 4. The number of aryl methyl sites for hydroxylation is 1. The maximum Gasteiger partial charge on any atom is 0.276 e. The molecule has 1 aromatic carbocycles. The lowest BCUT2D eigenvalue weighted by Crippen LogP contribution is -2.21. The van der Waals surface area contributed by atoms with Crippen LogP contribution in [0.2, 0.25) is 5.02 Å². The molecule has 1 nitrogen and oxygen atoms in total. The van der Waals surface area contributed by atoms with Crippen LogP contribution in [-0.2, 0) is 5.92 Å². The Morgan fingerprint density at radius 2 is 2.00 bits per heavy atom. The van der Waals surface area contributed by atoms with E-state index in [1.807, 2.05) is 0 Å². The Bertz CT molecular complexity index is 380. The van der Waals surface area contributed by atoms with Gasteiger partial charge in [-0.2, -0.15) is 0 Å². The molecule has 0 aromatic heterocycles. The van der Waals surface area contributed by atoms with Crippen LogP contribution in [0.3, 0.4) is 0 Å². The van der Waals surface area contributed by atoms with Gasteiger partial charge >= 0.3 is 0 Å². The van der Waals surface area contributed by atoms with E-state index in [-0.39, 0.29) is 17.1 Å². The van der Waals surface area contributed by atoms with E-state index in [2.05, 4.69) is 5.32 Å². The number of nitrogens with one attached hydrogen (secondary N) is 1. The highest BCUT2D eigenvalue weighted by Gasteiger charge is 2.33. The van der Waals surface area contributed by atoms with Crippen LogP contribution in [0, 0.1) is 12.7 Å². The highest BCUT2D eigenvalue weighted by atomic mass is 35.5. The minimum absolute atomic E-state index is 0.0972. The molecule has 16 heavy (non-hydrogen) atoms. The predicted molar refractivity (Wildman–Crippen MR) is 58.6 cm³/mol. The zero-order valence-electron chi connectivity index (χ0n) is 9.08. The minimum atomic E-state index is -3.12. The highest BCUT2D eigenvalue weighted by molar-refractivity contribution is 6.31. The normalized spacial score (nSPS) is 11.9. The van der Waals surface area contributed by atoms with Crippen molar-refractivity contribution in [1.29, 1.82) is 0 Å². The molecule has 0 aliphatic rings. The average Bonchev–Trinajstić information content (AvgIpc) is 2.20. The smallest absolute Gasteiger partial charge is 0.276 e. The molecule has 1 N–H and O–H groups in total. The quantitative estimate of drug-likeness (QED) is 0.864. The van der Waals surface area contributed by atoms with E-state index in [1.54, 1.807) is 7.05 Å². The largest absolute Gasteiger partial charge is 0.320 e. The number of rotatable bonds is 4. The molecule has 0 radical (unpaired) electrons. The Morgan fingerprint density at radius 3 is 2.56 bits per heavy atom. The highest BCUT2D eigenvalue weighted by Crippen LogP contribution is 2.37. The fourth-order valence-electron chi connectivity index (χ4n) is 1.34. The molecule has 0 aliphatic heterocycles. The van der Waals surface area contributed by atoms with Gasteiger partial charge in [0.05, 0.1) is 5.02 Å². The van der Waals surface area contributed by atoms with E-state index in [0.29, 0.717) is 0 Å². The summed E-state index contributed by atoms with van der Waals surface area (Å²) in [6.07, 6.45) is -0.411. The van der Waals surface area contributed by atoms with Crippen molar-refractivity contribution in [3.8, 4) is 0 Å². The van der Waals surface area contributed by atoms with E-state index >= 15 is 0 Å². The first kappa shape index (κ1) is 13.3. The van der Waals surface area contributed by atoms with E-state index in [9.17, 15) is 13.2 Å². The van der Waals surface area contributed by atoms with Crippen molar-refractivity contribution >= 4 is 11.6 Å². The molecule has 90 valence electrons. The second-order valence-electron chi connectivity index (χ2n) is 3.64. The third-order valence-electron chi connectivity index (χ3n) is 2.33. The SMILES string of the molecule is CNCCC(F)(F)c1cc(F)c(C)cc1Cl. The van der Waals surface area contributed by atoms with Crippen molar-refractivity contribution in [2.45, 2.75) is 19.3 Å². The third-order valence-corrected chi connectivity index (χ3v) is 2.64.